The summed E-state index contributed by atoms with van der Waals surface area (Å²) in [5.41, 5.74) is 5.00. The van der Waals surface area contributed by atoms with Gasteiger partial charge < -0.3 is 4.74 Å². The fraction of sp³-hybridized carbons (Fsp3) is 0.364. The van der Waals surface area contributed by atoms with Gasteiger partial charge in [0, 0.05) is 17.9 Å². The minimum absolute atomic E-state index is 0.0399. The molecule has 0 saturated heterocycles. The highest BCUT2D eigenvalue weighted by molar-refractivity contribution is 6.09. The summed E-state index contributed by atoms with van der Waals surface area (Å²) in [4.78, 5) is 25.8. The van der Waals surface area contributed by atoms with E-state index in [1.54, 1.807) is 6.07 Å². The largest absolute Gasteiger partial charge is 0.465 e. The third-order valence-corrected chi connectivity index (χ3v) is 6.32. The molecule has 0 N–H and O–H groups in total. The lowest BCUT2D eigenvalue weighted by molar-refractivity contribution is 0.0597. The molecule has 3 aliphatic rings. The van der Waals surface area contributed by atoms with Crippen molar-refractivity contribution in [2.24, 2.45) is 10.2 Å². The zero-order valence-corrected chi connectivity index (χ0v) is 15.2. The number of azo groups is 1. The van der Waals surface area contributed by atoms with Gasteiger partial charge in [-0.3, -0.25) is 4.79 Å². The van der Waals surface area contributed by atoms with E-state index >= 15 is 0 Å². The van der Waals surface area contributed by atoms with Crippen LogP contribution in [0.3, 0.4) is 0 Å². The number of benzene rings is 2. The molecule has 27 heavy (non-hydrogen) atoms. The van der Waals surface area contributed by atoms with Crippen LogP contribution < -0.4 is 0 Å². The number of Topliss-reactive ketones (excluding diaryl/α,β-unsaturated/α-hetero) is 1. The van der Waals surface area contributed by atoms with Crippen molar-refractivity contribution in [2.45, 2.75) is 37.1 Å². The van der Waals surface area contributed by atoms with E-state index in [1.165, 1.54) is 18.2 Å². The van der Waals surface area contributed by atoms with E-state index < -0.39 is 11.5 Å². The maximum atomic E-state index is 13.5. The SMILES string of the molecule is COC(=O)c1ccccc1[C@@H]1CN=N[C@@]12Cc1c(ccc3c1CCC3)C2=O. The fourth-order valence-electron chi connectivity index (χ4n) is 5.02. The Labute approximate surface area is 157 Å². The van der Waals surface area contributed by atoms with Crippen molar-refractivity contribution in [2.75, 3.05) is 13.7 Å². The Morgan fingerprint density at radius 2 is 2.00 bits per heavy atom. The third-order valence-electron chi connectivity index (χ3n) is 6.32. The van der Waals surface area contributed by atoms with Gasteiger partial charge >= 0.3 is 5.97 Å². The van der Waals surface area contributed by atoms with Crippen LogP contribution in [0.25, 0.3) is 0 Å². The summed E-state index contributed by atoms with van der Waals surface area (Å²) >= 11 is 0. The van der Waals surface area contributed by atoms with Crippen molar-refractivity contribution in [1.82, 2.24) is 0 Å². The van der Waals surface area contributed by atoms with Gasteiger partial charge in [-0.1, -0.05) is 30.3 Å². The monoisotopic (exact) mass is 360 g/mol. The molecule has 5 rings (SSSR count). The second-order valence-electron chi connectivity index (χ2n) is 7.57. The normalized spacial score (nSPS) is 25.1. The summed E-state index contributed by atoms with van der Waals surface area (Å²) in [5, 5.41) is 8.78. The van der Waals surface area contributed by atoms with Gasteiger partial charge in [-0.05, 0) is 47.6 Å². The first-order chi connectivity index (χ1) is 13.2. The number of carbonyl (C=O) groups excluding carboxylic acids is 2. The molecule has 0 aromatic heterocycles. The third kappa shape index (κ3) is 2.17. The van der Waals surface area contributed by atoms with Gasteiger partial charge in [-0.2, -0.15) is 10.2 Å². The summed E-state index contributed by atoms with van der Waals surface area (Å²) in [6, 6.07) is 11.4. The number of esters is 1. The Morgan fingerprint density at radius 3 is 2.85 bits per heavy atom. The van der Waals surface area contributed by atoms with Gasteiger partial charge in [0.05, 0.1) is 19.2 Å². The van der Waals surface area contributed by atoms with Crippen LogP contribution in [-0.2, 0) is 24.0 Å². The van der Waals surface area contributed by atoms with Crippen molar-refractivity contribution in [3.05, 3.63) is 69.8 Å². The first-order valence-electron chi connectivity index (χ1n) is 9.40. The quantitative estimate of drug-likeness (QED) is 0.767. The molecule has 2 aromatic rings. The molecule has 5 nitrogen and oxygen atoms in total. The standard InChI is InChI=1S/C22H20N2O3/c1-27-21(26)17-7-3-2-6-15(17)19-12-23-24-22(19)11-18-14-8-4-5-13(14)9-10-16(18)20(22)25/h2-3,6-7,9-10,19H,4-5,8,11-12H2,1H3/t19-,22-/m0/s1. The highest BCUT2D eigenvalue weighted by Crippen LogP contribution is 2.49. The smallest absolute Gasteiger partial charge is 0.338 e. The second kappa shape index (κ2) is 5.84. The van der Waals surface area contributed by atoms with Gasteiger partial charge in [0.25, 0.3) is 0 Å². The van der Waals surface area contributed by atoms with Crippen molar-refractivity contribution in [1.29, 1.82) is 0 Å². The first kappa shape index (κ1) is 16.4. The van der Waals surface area contributed by atoms with Gasteiger partial charge in [-0.15, -0.1) is 0 Å². The van der Waals surface area contributed by atoms with Crippen LogP contribution in [-0.4, -0.2) is 30.9 Å². The van der Waals surface area contributed by atoms with Crippen molar-refractivity contribution in [3.8, 4) is 0 Å². The summed E-state index contributed by atoms with van der Waals surface area (Å²) in [6.45, 7) is 0.413. The molecule has 0 saturated carbocycles. The Bertz CT molecular complexity index is 1010. The van der Waals surface area contributed by atoms with Gasteiger partial charge in [0.15, 0.2) is 11.3 Å². The predicted octanol–water partition coefficient (Wildman–Crippen LogP) is 3.69. The lowest BCUT2D eigenvalue weighted by atomic mass is 9.76. The molecule has 5 heteroatoms. The molecular formula is C22H20N2O3. The van der Waals surface area contributed by atoms with Gasteiger partial charge in [0.2, 0.25) is 0 Å². The maximum Gasteiger partial charge on any atom is 0.338 e. The van der Waals surface area contributed by atoms with E-state index in [0.717, 1.165) is 36.0 Å². The average Bonchev–Trinajstić information content (AvgIpc) is 3.40. The molecule has 136 valence electrons. The van der Waals surface area contributed by atoms with E-state index in [0.29, 0.717) is 18.5 Å². The van der Waals surface area contributed by atoms with Crippen LogP contribution in [0.2, 0.25) is 0 Å². The molecule has 1 heterocycles. The van der Waals surface area contributed by atoms with E-state index in [1.807, 2.05) is 24.3 Å². The molecule has 0 amide bonds. The molecule has 2 atom stereocenters. The molecule has 2 aromatic carbocycles. The van der Waals surface area contributed by atoms with Gasteiger partial charge in [0.1, 0.15) is 0 Å². The van der Waals surface area contributed by atoms with E-state index in [-0.39, 0.29) is 11.7 Å². The molecule has 0 fully saturated rings. The lowest BCUT2D eigenvalue weighted by Crippen LogP contribution is -2.39. The molecule has 0 bridgehead atoms. The molecule has 1 aliphatic heterocycles. The number of ketones is 1. The summed E-state index contributed by atoms with van der Waals surface area (Å²) in [6.07, 6.45) is 3.83. The number of hydrogen-bond donors (Lipinski definition) is 0. The number of fused-ring (bicyclic) bond motifs is 3. The highest BCUT2D eigenvalue weighted by atomic mass is 16.5. The van der Waals surface area contributed by atoms with Crippen LogP contribution in [0.4, 0.5) is 0 Å². The zero-order chi connectivity index (χ0) is 18.6. The molecule has 2 aliphatic carbocycles. The summed E-state index contributed by atoms with van der Waals surface area (Å²) < 4.78 is 4.95. The van der Waals surface area contributed by atoms with Crippen molar-refractivity contribution in [3.63, 3.8) is 0 Å². The average molecular weight is 360 g/mol. The van der Waals surface area contributed by atoms with E-state index in [4.69, 9.17) is 4.74 Å². The number of carbonyl (C=O) groups is 2. The molecule has 1 spiro atoms. The van der Waals surface area contributed by atoms with Gasteiger partial charge in [-0.25, -0.2) is 4.79 Å². The molecular weight excluding hydrogens is 340 g/mol. The number of hydrogen-bond acceptors (Lipinski definition) is 5. The van der Waals surface area contributed by atoms with Crippen LogP contribution in [0.1, 0.15) is 55.3 Å². The summed E-state index contributed by atoms with van der Waals surface area (Å²) in [5.74, 6) is -0.598. The maximum absolute atomic E-state index is 13.5. The van der Waals surface area contributed by atoms with Crippen LogP contribution >= 0.6 is 0 Å². The zero-order valence-electron chi connectivity index (χ0n) is 15.2. The Morgan fingerprint density at radius 1 is 1.15 bits per heavy atom. The number of nitrogens with zero attached hydrogens (tertiary/aromatic N) is 2. The number of aryl methyl sites for hydroxylation is 1. The van der Waals surface area contributed by atoms with Crippen LogP contribution in [0.15, 0.2) is 46.6 Å². The Kier molecular flexibility index (Phi) is 3.54. The van der Waals surface area contributed by atoms with E-state index in [2.05, 4.69) is 16.3 Å². The van der Waals surface area contributed by atoms with Crippen molar-refractivity contribution < 1.29 is 14.3 Å². The van der Waals surface area contributed by atoms with Crippen LogP contribution in [0, 0.1) is 0 Å². The Hall–Kier alpha value is -2.82. The highest BCUT2D eigenvalue weighted by Gasteiger charge is 2.55. The minimum atomic E-state index is -0.926. The number of ether oxygens (including phenoxy) is 1. The fourth-order valence-corrected chi connectivity index (χ4v) is 5.02. The number of rotatable bonds is 2. The second-order valence-corrected chi connectivity index (χ2v) is 7.57. The minimum Gasteiger partial charge on any atom is -0.465 e. The lowest BCUT2D eigenvalue weighted by Gasteiger charge is -2.27. The topological polar surface area (TPSA) is 68.1 Å². The number of methoxy groups -OCH3 is 1. The summed E-state index contributed by atoms with van der Waals surface area (Å²) in [7, 11) is 1.37. The predicted molar refractivity (Wildman–Crippen MR) is 99.5 cm³/mol. The molecule has 0 radical (unpaired) electrons. The van der Waals surface area contributed by atoms with Crippen molar-refractivity contribution >= 4 is 11.8 Å². The molecule has 0 unspecified atom stereocenters. The first-order valence-corrected chi connectivity index (χ1v) is 9.40. The van der Waals surface area contributed by atoms with Crippen LogP contribution in [0.5, 0.6) is 0 Å². The van der Waals surface area contributed by atoms with E-state index in [9.17, 15) is 9.59 Å². The Balaban J connectivity index is 1.63.